The van der Waals surface area contributed by atoms with Crippen LogP contribution in [-0.4, -0.2) is 44.1 Å². The van der Waals surface area contributed by atoms with Gasteiger partial charge in [0.1, 0.15) is 18.3 Å². The molecular formula is C11H14O6S. The first-order valence-electron chi connectivity index (χ1n) is 5.77. The van der Waals surface area contributed by atoms with Gasteiger partial charge >= 0.3 is 5.97 Å². The molecule has 3 aliphatic heterocycles. The number of esters is 1. The van der Waals surface area contributed by atoms with Crippen LogP contribution in [0.15, 0.2) is 12.2 Å². The zero-order chi connectivity index (χ0) is 13.2. The Hall–Kier alpha value is -0.920. The van der Waals surface area contributed by atoms with E-state index in [1.54, 1.807) is 0 Å². The van der Waals surface area contributed by atoms with Gasteiger partial charge in [-0.3, -0.25) is 4.18 Å². The molecule has 0 N–H and O–H groups in total. The van der Waals surface area contributed by atoms with Crippen molar-refractivity contribution in [3.8, 4) is 0 Å². The van der Waals surface area contributed by atoms with Gasteiger partial charge in [0.25, 0.3) is 10.1 Å². The van der Waals surface area contributed by atoms with Gasteiger partial charge in [-0.25, -0.2) is 4.79 Å². The van der Waals surface area contributed by atoms with Crippen molar-refractivity contribution in [2.75, 3.05) is 0 Å². The van der Waals surface area contributed by atoms with E-state index in [1.165, 1.54) is 6.92 Å². The average Bonchev–Trinajstić information content (AvgIpc) is 2.82. The van der Waals surface area contributed by atoms with E-state index in [0.29, 0.717) is 0 Å². The first-order chi connectivity index (χ1) is 8.33. The monoisotopic (exact) mass is 274 g/mol. The lowest BCUT2D eigenvalue weighted by atomic mass is 9.86. The van der Waals surface area contributed by atoms with Crippen molar-refractivity contribution in [1.82, 2.24) is 0 Å². The third kappa shape index (κ3) is 1.41. The van der Waals surface area contributed by atoms with E-state index in [0.717, 1.165) is 0 Å². The van der Waals surface area contributed by atoms with E-state index in [2.05, 4.69) is 6.58 Å². The van der Waals surface area contributed by atoms with Crippen LogP contribution in [-0.2, 0) is 28.6 Å². The summed E-state index contributed by atoms with van der Waals surface area (Å²) in [5, 5.41) is -0.896. The molecule has 3 rings (SSSR count). The smallest absolute Gasteiger partial charge is 0.333 e. The van der Waals surface area contributed by atoms with E-state index >= 15 is 0 Å². The summed E-state index contributed by atoms with van der Waals surface area (Å²) in [5.41, 5.74) is 0.235. The Morgan fingerprint density at radius 1 is 1.28 bits per heavy atom. The molecule has 0 saturated carbocycles. The Labute approximate surface area is 105 Å². The summed E-state index contributed by atoms with van der Waals surface area (Å²) in [7, 11) is -3.72. The quantitative estimate of drug-likeness (QED) is 0.400. The highest BCUT2D eigenvalue weighted by Crippen LogP contribution is 2.50. The minimum absolute atomic E-state index is 0.105. The summed E-state index contributed by atoms with van der Waals surface area (Å²) < 4.78 is 39.6. The van der Waals surface area contributed by atoms with Gasteiger partial charge in [0.15, 0.2) is 11.4 Å². The molecule has 3 fully saturated rings. The zero-order valence-electron chi connectivity index (χ0n) is 10.0. The van der Waals surface area contributed by atoms with Crippen LogP contribution in [0.3, 0.4) is 0 Å². The lowest BCUT2D eigenvalue weighted by molar-refractivity contribution is -0.147. The highest BCUT2D eigenvalue weighted by Gasteiger charge is 2.70. The SMILES string of the molecule is C=C(C)C(=O)OC1C2OC3C(OS(=O)(=O)C13)C2C. The molecular weight excluding hydrogens is 260 g/mol. The van der Waals surface area contributed by atoms with Crippen molar-refractivity contribution in [1.29, 1.82) is 0 Å². The number of rotatable bonds is 2. The fourth-order valence-corrected chi connectivity index (χ4v) is 4.74. The number of hydrogen-bond acceptors (Lipinski definition) is 6. The third-order valence-corrected chi connectivity index (χ3v) is 5.51. The molecule has 0 spiro atoms. The topological polar surface area (TPSA) is 78.9 Å². The number of carbonyl (C=O) groups excluding carboxylic acids is 1. The summed E-state index contributed by atoms with van der Waals surface area (Å²) in [6.45, 7) is 6.84. The molecule has 0 aromatic carbocycles. The van der Waals surface area contributed by atoms with Crippen molar-refractivity contribution in [2.45, 2.75) is 43.5 Å². The summed E-state index contributed by atoms with van der Waals surface area (Å²) >= 11 is 0. The van der Waals surface area contributed by atoms with E-state index in [9.17, 15) is 13.2 Å². The van der Waals surface area contributed by atoms with Crippen molar-refractivity contribution >= 4 is 16.1 Å². The number of hydrogen-bond donors (Lipinski definition) is 0. The van der Waals surface area contributed by atoms with Crippen molar-refractivity contribution in [2.24, 2.45) is 5.92 Å². The van der Waals surface area contributed by atoms with Crippen molar-refractivity contribution < 1.29 is 26.9 Å². The van der Waals surface area contributed by atoms with Crippen molar-refractivity contribution in [3.63, 3.8) is 0 Å². The van der Waals surface area contributed by atoms with Crippen LogP contribution < -0.4 is 0 Å². The molecule has 3 aliphatic rings. The maximum absolute atomic E-state index is 11.9. The predicted octanol–water partition coefficient (Wildman–Crippen LogP) is -0.0114. The minimum Gasteiger partial charge on any atom is -0.455 e. The number of carbonyl (C=O) groups is 1. The summed E-state index contributed by atoms with van der Waals surface area (Å²) in [6.07, 6.45) is -2.16. The first-order valence-corrected chi connectivity index (χ1v) is 7.24. The summed E-state index contributed by atoms with van der Waals surface area (Å²) in [4.78, 5) is 11.6. The van der Waals surface area contributed by atoms with E-state index in [4.69, 9.17) is 13.7 Å². The largest absolute Gasteiger partial charge is 0.455 e. The molecule has 18 heavy (non-hydrogen) atoms. The van der Waals surface area contributed by atoms with Gasteiger partial charge in [-0.1, -0.05) is 13.5 Å². The fourth-order valence-electron chi connectivity index (χ4n) is 2.93. The molecule has 6 unspecified atom stereocenters. The van der Waals surface area contributed by atoms with E-state index in [-0.39, 0.29) is 11.5 Å². The third-order valence-electron chi connectivity index (χ3n) is 3.82. The molecule has 0 amide bonds. The highest BCUT2D eigenvalue weighted by molar-refractivity contribution is 7.87. The molecule has 0 aromatic rings. The summed E-state index contributed by atoms with van der Waals surface area (Å²) in [5.74, 6) is -0.701. The maximum Gasteiger partial charge on any atom is 0.333 e. The Balaban J connectivity index is 1.92. The van der Waals surface area contributed by atoms with Crippen LogP contribution in [0.25, 0.3) is 0 Å². The molecule has 0 aromatic heterocycles. The predicted molar refractivity (Wildman–Crippen MR) is 60.1 cm³/mol. The van der Waals surface area contributed by atoms with Crippen LogP contribution in [0.5, 0.6) is 0 Å². The van der Waals surface area contributed by atoms with Gasteiger partial charge in [0.2, 0.25) is 0 Å². The Bertz CT molecular complexity index is 524. The molecule has 2 bridgehead atoms. The minimum atomic E-state index is -3.72. The number of ether oxygens (including phenoxy) is 2. The van der Waals surface area contributed by atoms with E-state index in [1.807, 2.05) is 6.92 Å². The molecule has 6 nitrogen and oxygen atoms in total. The molecule has 100 valence electrons. The Kier molecular flexibility index (Phi) is 2.39. The molecule has 7 heteroatoms. The number of fused-ring (bicyclic) bond motifs is 1. The Morgan fingerprint density at radius 3 is 2.56 bits per heavy atom. The second-order valence-corrected chi connectivity index (χ2v) is 6.82. The van der Waals surface area contributed by atoms with Crippen LogP contribution in [0, 0.1) is 5.92 Å². The van der Waals surface area contributed by atoms with Crippen LogP contribution >= 0.6 is 0 Å². The van der Waals surface area contributed by atoms with Crippen molar-refractivity contribution in [3.05, 3.63) is 12.2 Å². The molecule has 3 heterocycles. The van der Waals surface area contributed by atoms with Gasteiger partial charge in [-0.2, -0.15) is 8.42 Å². The average molecular weight is 274 g/mol. The second-order valence-electron chi connectivity index (χ2n) is 5.09. The summed E-state index contributed by atoms with van der Waals surface area (Å²) in [6, 6.07) is 0. The Morgan fingerprint density at radius 2 is 1.94 bits per heavy atom. The van der Waals surface area contributed by atoms with Crippen LogP contribution in [0.4, 0.5) is 0 Å². The highest BCUT2D eigenvalue weighted by atomic mass is 32.2. The fraction of sp³-hybridized carbons (Fsp3) is 0.727. The second kappa shape index (κ2) is 3.55. The first kappa shape index (κ1) is 12.1. The van der Waals surface area contributed by atoms with E-state index < -0.39 is 45.8 Å². The zero-order valence-corrected chi connectivity index (χ0v) is 10.8. The molecule has 0 aliphatic carbocycles. The lowest BCUT2D eigenvalue weighted by Crippen LogP contribution is -2.46. The maximum atomic E-state index is 11.9. The standard InChI is InChI=1S/C11H14O6S/c1-4(2)11(12)16-8-6-5(3)7-9(15-6)10(8)18(13,14)17-7/h5-10H,1H2,2-3H3. The van der Waals surface area contributed by atoms with Crippen LogP contribution in [0.2, 0.25) is 0 Å². The van der Waals surface area contributed by atoms with Gasteiger partial charge in [-0.15, -0.1) is 0 Å². The van der Waals surface area contributed by atoms with Gasteiger partial charge in [0.05, 0.1) is 0 Å². The van der Waals surface area contributed by atoms with Gasteiger partial charge in [-0.05, 0) is 6.92 Å². The van der Waals surface area contributed by atoms with Gasteiger partial charge in [0, 0.05) is 11.5 Å². The van der Waals surface area contributed by atoms with Crippen LogP contribution in [0.1, 0.15) is 13.8 Å². The lowest BCUT2D eigenvalue weighted by Gasteiger charge is -2.25. The molecule has 0 radical (unpaired) electrons. The normalized spacial score (nSPS) is 47.2. The molecule has 6 atom stereocenters. The molecule has 3 saturated heterocycles. The van der Waals surface area contributed by atoms with Gasteiger partial charge < -0.3 is 9.47 Å².